The van der Waals surface area contributed by atoms with Gasteiger partial charge in [0.2, 0.25) is 0 Å². The zero-order valence-corrected chi connectivity index (χ0v) is 13.3. The Morgan fingerprint density at radius 3 is 2.40 bits per heavy atom. The van der Waals surface area contributed by atoms with Gasteiger partial charge in [-0.1, -0.05) is 12.1 Å². The molecule has 0 aliphatic heterocycles. The van der Waals surface area contributed by atoms with E-state index < -0.39 is 17.2 Å². The van der Waals surface area contributed by atoms with Crippen molar-refractivity contribution >= 4 is 11.0 Å². The van der Waals surface area contributed by atoms with Crippen LogP contribution in [0.1, 0.15) is 5.56 Å². The van der Waals surface area contributed by atoms with Gasteiger partial charge in [0.25, 0.3) is 0 Å². The van der Waals surface area contributed by atoms with Crippen LogP contribution in [0.25, 0.3) is 22.3 Å². The Bertz CT molecular complexity index is 990. The van der Waals surface area contributed by atoms with Crippen molar-refractivity contribution in [2.24, 2.45) is 0 Å². The van der Waals surface area contributed by atoms with Crippen LogP contribution in [-0.2, 0) is 6.18 Å². The number of hydrogen-bond acceptors (Lipinski definition) is 4. The number of rotatable bonds is 3. The van der Waals surface area contributed by atoms with E-state index in [9.17, 15) is 18.0 Å². The number of alkyl halides is 3. The maximum Gasteiger partial charge on any atom is 0.416 e. The van der Waals surface area contributed by atoms with E-state index in [0.717, 1.165) is 18.2 Å². The maximum atomic E-state index is 12.9. The van der Waals surface area contributed by atoms with Crippen LogP contribution in [0.4, 0.5) is 13.2 Å². The summed E-state index contributed by atoms with van der Waals surface area (Å²) in [7, 11) is 2.84. The van der Waals surface area contributed by atoms with Crippen LogP contribution < -0.4 is 14.9 Å². The molecule has 4 nitrogen and oxygen atoms in total. The van der Waals surface area contributed by atoms with E-state index in [1.165, 1.54) is 38.5 Å². The summed E-state index contributed by atoms with van der Waals surface area (Å²) in [4.78, 5) is 12.4. The lowest BCUT2D eigenvalue weighted by atomic mass is 10.1. The van der Waals surface area contributed by atoms with Crippen LogP contribution in [-0.4, -0.2) is 14.2 Å². The van der Waals surface area contributed by atoms with E-state index >= 15 is 0 Å². The normalized spacial score (nSPS) is 11.6. The summed E-state index contributed by atoms with van der Waals surface area (Å²) in [5.74, 6) is 0.686. The second kappa shape index (κ2) is 6.16. The van der Waals surface area contributed by atoms with Crippen LogP contribution in [0.3, 0.4) is 0 Å². The molecule has 0 unspecified atom stereocenters. The third-order valence-electron chi connectivity index (χ3n) is 3.70. The molecule has 0 spiro atoms. The van der Waals surface area contributed by atoms with E-state index in [1.807, 2.05) is 0 Å². The number of benzene rings is 2. The van der Waals surface area contributed by atoms with Crippen molar-refractivity contribution in [1.29, 1.82) is 0 Å². The van der Waals surface area contributed by atoms with Gasteiger partial charge in [0.15, 0.2) is 5.43 Å². The second-order valence-electron chi connectivity index (χ2n) is 5.26. The van der Waals surface area contributed by atoms with Crippen molar-refractivity contribution in [2.75, 3.05) is 14.2 Å². The van der Waals surface area contributed by atoms with Gasteiger partial charge < -0.3 is 13.9 Å². The standard InChI is InChI=1S/C18H13F3O4/c1-23-12-7-15(24-2)17-13(22)9-14(25-16(17)8-12)10-4-3-5-11(6-10)18(19,20)21/h3-9H,1-2H3. The number of methoxy groups -OCH3 is 2. The highest BCUT2D eigenvalue weighted by Crippen LogP contribution is 2.34. The van der Waals surface area contributed by atoms with E-state index in [-0.39, 0.29) is 28.0 Å². The summed E-state index contributed by atoms with van der Waals surface area (Å²) in [6, 6.07) is 8.74. The molecule has 1 heterocycles. The fraction of sp³-hybridized carbons (Fsp3) is 0.167. The minimum Gasteiger partial charge on any atom is -0.496 e. The molecule has 2 aromatic carbocycles. The molecule has 3 rings (SSSR count). The van der Waals surface area contributed by atoms with Crippen molar-refractivity contribution in [3.05, 3.63) is 58.3 Å². The third-order valence-corrected chi connectivity index (χ3v) is 3.70. The predicted octanol–water partition coefficient (Wildman–Crippen LogP) is 4.50. The second-order valence-corrected chi connectivity index (χ2v) is 5.26. The van der Waals surface area contributed by atoms with Crippen LogP contribution in [0.15, 0.2) is 51.7 Å². The Morgan fingerprint density at radius 2 is 1.76 bits per heavy atom. The summed E-state index contributed by atoms with van der Waals surface area (Å²) in [5.41, 5.74) is -0.934. The topological polar surface area (TPSA) is 48.7 Å². The molecular formula is C18H13F3O4. The molecule has 0 aliphatic rings. The lowest BCUT2D eigenvalue weighted by Crippen LogP contribution is -2.05. The van der Waals surface area contributed by atoms with E-state index in [1.54, 1.807) is 0 Å². The van der Waals surface area contributed by atoms with Crippen molar-refractivity contribution in [3.63, 3.8) is 0 Å². The highest BCUT2D eigenvalue weighted by Gasteiger charge is 2.30. The Labute approximate surface area is 140 Å². The first kappa shape index (κ1) is 16.9. The quantitative estimate of drug-likeness (QED) is 0.698. The molecule has 0 amide bonds. The number of fused-ring (bicyclic) bond motifs is 1. The Balaban J connectivity index is 2.24. The van der Waals surface area contributed by atoms with Gasteiger partial charge in [-0.25, -0.2) is 0 Å². The summed E-state index contributed by atoms with van der Waals surface area (Å²) in [6.45, 7) is 0. The van der Waals surface area contributed by atoms with E-state index in [2.05, 4.69) is 0 Å². The molecule has 0 bridgehead atoms. The molecule has 0 atom stereocenters. The van der Waals surface area contributed by atoms with Gasteiger partial charge in [-0.2, -0.15) is 13.2 Å². The Morgan fingerprint density at radius 1 is 1.00 bits per heavy atom. The van der Waals surface area contributed by atoms with Crippen LogP contribution in [0.2, 0.25) is 0 Å². The first-order valence-corrected chi connectivity index (χ1v) is 7.21. The first-order chi connectivity index (χ1) is 11.8. The summed E-state index contributed by atoms with van der Waals surface area (Å²) < 4.78 is 54.6. The van der Waals surface area contributed by atoms with Crippen LogP contribution in [0.5, 0.6) is 11.5 Å². The molecule has 25 heavy (non-hydrogen) atoms. The summed E-state index contributed by atoms with van der Waals surface area (Å²) >= 11 is 0. The summed E-state index contributed by atoms with van der Waals surface area (Å²) in [5, 5.41) is 0.194. The fourth-order valence-electron chi connectivity index (χ4n) is 2.50. The number of ether oxygens (including phenoxy) is 2. The molecule has 7 heteroatoms. The molecule has 0 N–H and O–H groups in total. The average molecular weight is 350 g/mol. The molecule has 3 aromatic rings. The maximum absolute atomic E-state index is 12.9. The first-order valence-electron chi connectivity index (χ1n) is 7.21. The average Bonchev–Trinajstić information content (AvgIpc) is 2.59. The molecule has 0 fully saturated rings. The third kappa shape index (κ3) is 3.17. The monoisotopic (exact) mass is 350 g/mol. The molecule has 0 saturated carbocycles. The predicted molar refractivity (Wildman–Crippen MR) is 86.0 cm³/mol. The zero-order valence-electron chi connectivity index (χ0n) is 13.3. The minimum atomic E-state index is -4.49. The smallest absolute Gasteiger partial charge is 0.416 e. The molecule has 0 aliphatic carbocycles. The largest absolute Gasteiger partial charge is 0.496 e. The SMILES string of the molecule is COc1cc(OC)c2c(=O)cc(-c3cccc(C(F)(F)F)c3)oc2c1. The van der Waals surface area contributed by atoms with Crippen molar-refractivity contribution in [2.45, 2.75) is 6.18 Å². The lowest BCUT2D eigenvalue weighted by molar-refractivity contribution is -0.137. The van der Waals surface area contributed by atoms with Gasteiger partial charge in [0.05, 0.1) is 19.8 Å². The van der Waals surface area contributed by atoms with E-state index in [0.29, 0.717) is 5.75 Å². The van der Waals surface area contributed by atoms with Crippen molar-refractivity contribution in [1.82, 2.24) is 0 Å². The fourth-order valence-corrected chi connectivity index (χ4v) is 2.50. The number of halogens is 3. The zero-order chi connectivity index (χ0) is 18.2. The highest BCUT2D eigenvalue weighted by atomic mass is 19.4. The minimum absolute atomic E-state index is 0.0268. The van der Waals surface area contributed by atoms with Crippen molar-refractivity contribution < 1.29 is 27.1 Å². The molecular weight excluding hydrogens is 337 g/mol. The molecule has 130 valence electrons. The highest BCUT2D eigenvalue weighted by molar-refractivity contribution is 5.86. The van der Waals surface area contributed by atoms with Gasteiger partial charge in [-0.15, -0.1) is 0 Å². The molecule has 1 aromatic heterocycles. The van der Waals surface area contributed by atoms with Crippen LogP contribution in [0, 0.1) is 0 Å². The molecule has 0 radical (unpaired) electrons. The van der Waals surface area contributed by atoms with Crippen LogP contribution >= 0.6 is 0 Å². The Kier molecular flexibility index (Phi) is 4.16. The van der Waals surface area contributed by atoms with Gasteiger partial charge in [-0.05, 0) is 12.1 Å². The van der Waals surface area contributed by atoms with Gasteiger partial charge >= 0.3 is 6.18 Å². The van der Waals surface area contributed by atoms with E-state index in [4.69, 9.17) is 13.9 Å². The van der Waals surface area contributed by atoms with Crippen molar-refractivity contribution in [3.8, 4) is 22.8 Å². The van der Waals surface area contributed by atoms with Gasteiger partial charge in [0, 0.05) is 23.8 Å². The number of hydrogen-bond donors (Lipinski definition) is 0. The molecule has 0 saturated heterocycles. The Hall–Kier alpha value is -2.96. The van der Waals surface area contributed by atoms with Gasteiger partial charge in [-0.3, -0.25) is 4.79 Å². The lowest BCUT2D eigenvalue weighted by Gasteiger charge is -2.10. The summed E-state index contributed by atoms with van der Waals surface area (Å²) in [6.07, 6.45) is -4.49. The van der Waals surface area contributed by atoms with Gasteiger partial charge in [0.1, 0.15) is 28.2 Å².